The number of nitrogens with zero attached hydrogens (tertiary/aromatic N) is 8. The molecule has 20 aromatic carbocycles. The standard InChI is InChI=1S/C62H40N4.C60H38N4/c1-4-14-43(15-5-1)56-40-57(44-16-6-2-7-17-44)64-62(63-56)66-59-23-13-11-21-53(59)55-38-49(33-35-60(55)66)42-26-24-41(25-27-42)45-28-29-47-37-48(31-30-46(47)36-45)50-32-34-54-52-20-10-12-22-58(52)65(61(54)39-50)51-18-8-3-9-19-51;1-4-14-39(15-5-1)54-38-55(40-16-6-2-7-17-40)62-60(61-54)64-57-23-13-11-21-51(57)53-37-44(29-33-59(53)64)42-27-31-49-46(35-42)25-24-45-34-41(26-30-48(45)49)43-28-32-58-52(36-43)50-20-10-12-22-56(50)63(58)47-18-8-3-9-19-47/h1-40H;1-38H. The molecule has 0 saturated carbocycles. The van der Waals surface area contributed by atoms with Crippen molar-refractivity contribution < 1.29 is 0 Å². The van der Waals surface area contributed by atoms with E-state index < -0.39 is 0 Å². The molecule has 0 unspecified atom stereocenters. The average molecular weight is 1660 g/mol. The fourth-order valence-corrected chi connectivity index (χ4v) is 19.7. The third-order valence-electron chi connectivity index (χ3n) is 26.1. The lowest BCUT2D eigenvalue weighted by Gasteiger charge is -2.12. The van der Waals surface area contributed by atoms with E-state index >= 15 is 0 Å². The van der Waals surface area contributed by atoms with Crippen LogP contribution in [0.1, 0.15) is 0 Å². The van der Waals surface area contributed by atoms with Gasteiger partial charge in [-0.1, -0.05) is 346 Å². The van der Waals surface area contributed by atoms with Gasteiger partial charge in [-0.3, -0.25) is 9.13 Å². The molecule has 130 heavy (non-hydrogen) atoms. The first-order valence-electron chi connectivity index (χ1n) is 44.3. The lowest BCUT2D eigenvalue weighted by Crippen LogP contribution is -2.03. The minimum atomic E-state index is 0.648. The Morgan fingerprint density at radius 2 is 0.354 bits per heavy atom. The lowest BCUT2D eigenvalue weighted by atomic mass is 9.94. The Labute approximate surface area is 749 Å². The van der Waals surface area contributed by atoms with E-state index in [-0.39, 0.29) is 0 Å². The van der Waals surface area contributed by atoms with Gasteiger partial charge in [-0.2, -0.15) is 0 Å². The van der Waals surface area contributed by atoms with Gasteiger partial charge in [0.15, 0.2) is 0 Å². The van der Waals surface area contributed by atoms with Crippen molar-refractivity contribution in [1.82, 2.24) is 38.2 Å². The minimum absolute atomic E-state index is 0.648. The second kappa shape index (κ2) is 31.3. The predicted molar refractivity (Wildman–Crippen MR) is 543 cm³/mol. The SMILES string of the molecule is c1ccc(-c2cc(-c3ccccc3)nc(-n3c4ccccc4c4cc(-c5ccc(-c6ccc7cc(-c8ccc9c%10ccccc%10n(-c%10ccccc%10)c9c8)ccc7c6)cc5)ccc43)n2)cc1.c1ccc(-c2cc(-c3ccccc3)nc(-n3c4ccccc4c4cc(-c5ccc6c(ccc7cc(-c8ccc9c(c8)c8ccccc8n9-c8ccccc8)ccc76)c5)ccc43)n2)cc1. The lowest BCUT2D eigenvalue weighted by molar-refractivity contribution is 0.995. The first kappa shape index (κ1) is 75.1. The van der Waals surface area contributed by atoms with E-state index in [2.05, 4.69) is 467 Å². The van der Waals surface area contributed by atoms with Crippen LogP contribution >= 0.6 is 0 Å². The van der Waals surface area contributed by atoms with Gasteiger partial charge in [0.2, 0.25) is 11.9 Å². The zero-order valence-corrected chi connectivity index (χ0v) is 70.6. The van der Waals surface area contributed by atoms with Crippen molar-refractivity contribution in [3.63, 3.8) is 0 Å². The average Bonchev–Trinajstić information content (AvgIpc) is 1.60. The summed E-state index contributed by atoms with van der Waals surface area (Å²) in [5.74, 6) is 1.30. The molecule has 0 aliphatic heterocycles. The number of benzene rings is 20. The highest BCUT2D eigenvalue weighted by atomic mass is 15.2. The van der Waals surface area contributed by atoms with Crippen molar-refractivity contribution in [1.29, 1.82) is 0 Å². The molecular weight excluding hydrogens is 1580 g/mol. The summed E-state index contributed by atoms with van der Waals surface area (Å²) in [5, 5.41) is 17.1. The molecule has 8 heteroatoms. The smallest absolute Gasteiger partial charge is 0.235 e. The number of rotatable bonds is 13. The van der Waals surface area contributed by atoms with E-state index in [1.807, 2.05) is 24.3 Å². The molecule has 0 aliphatic carbocycles. The van der Waals surface area contributed by atoms with Crippen LogP contribution in [0.15, 0.2) is 473 Å². The Bertz CT molecular complexity index is 8830. The summed E-state index contributed by atoms with van der Waals surface area (Å²) in [7, 11) is 0. The van der Waals surface area contributed by atoms with Crippen molar-refractivity contribution in [2.45, 2.75) is 0 Å². The van der Waals surface area contributed by atoms with Crippen LogP contribution in [0, 0.1) is 0 Å². The summed E-state index contributed by atoms with van der Waals surface area (Å²) < 4.78 is 9.18. The molecule has 6 aromatic heterocycles. The van der Waals surface area contributed by atoms with Crippen LogP contribution in [-0.4, -0.2) is 38.2 Å². The molecule has 6 heterocycles. The maximum absolute atomic E-state index is 5.22. The highest BCUT2D eigenvalue weighted by Crippen LogP contribution is 2.44. The van der Waals surface area contributed by atoms with Gasteiger partial charge in [0.25, 0.3) is 0 Å². The Kier molecular flexibility index (Phi) is 18.1. The molecule has 26 rings (SSSR count). The molecule has 0 bridgehead atoms. The van der Waals surface area contributed by atoms with Crippen LogP contribution in [0.25, 0.3) is 243 Å². The molecule has 0 atom stereocenters. The predicted octanol–water partition coefficient (Wildman–Crippen LogP) is 31.8. The van der Waals surface area contributed by atoms with Gasteiger partial charge < -0.3 is 9.13 Å². The van der Waals surface area contributed by atoms with E-state index in [4.69, 9.17) is 19.9 Å². The van der Waals surface area contributed by atoms with E-state index in [9.17, 15) is 0 Å². The highest BCUT2D eigenvalue weighted by Gasteiger charge is 2.23. The summed E-state index contributed by atoms with van der Waals surface area (Å²) in [4.78, 5) is 20.9. The molecule has 0 N–H and O–H groups in total. The van der Waals surface area contributed by atoms with Gasteiger partial charge in [-0.25, -0.2) is 19.9 Å². The second-order valence-corrected chi connectivity index (χ2v) is 33.6. The van der Waals surface area contributed by atoms with Crippen molar-refractivity contribution in [3.8, 4) is 124 Å². The van der Waals surface area contributed by atoms with E-state index in [1.54, 1.807) is 0 Å². The van der Waals surface area contributed by atoms with Crippen LogP contribution < -0.4 is 0 Å². The Balaban J connectivity index is 0.000000140. The highest BCUT2D eigenvalue weighted by molar-refractivity contribution is 6.16. The summed E-state index contributed by atoms with van der Waals surface area (Å²) >= 11 is 0. The molecule has 8 nitrogen and oxygen atoms in total. The van der Waals surface area contributed by atoms with Crippen molar-refractivity contribution in [3.05, 3.63) is 473 Å². The molecule has 606 valence electrons. The van der Waals surface area contributed by atoms with Crippen molar-refractivity contribution >= 4 is 120 Å². The largest absolute Gasteiger partial charge is 0.309 e. The molecule has 0 radical (unpaired) electrons. The van der Waals surface area contributed by atoms with E-state index in [0.717, 1.165) is 94.2 Å². The van der Waals surface area contributed by atoms with Gasteiger partial charge in [0, 0.05) is 76.7 Å². The summed E-state index contributed by atoms with van der Waals surface area (Å²) in [6, 6.07) is 170. The first-order chi connectivity index (χ1) is 64.4. The normalized spacial score (nSPS) is 11.7. The molecule has 0 amide bonds. The van der Waals surface area contributed by atoms with Gasteiger partial charge >= 0.3 is 0 Å². The van der Waals surface area contributed by atoms with Crippen LogP contribution in [0.4, 0.5) is 0 Å². The number of hydrogen-bond donors (Lipinski definition) is 0. The molecular formula is C122H78N8. The summed E-state index contributed by atoms with van der Waals surface area (Å²) in [5.41, 5.74) is 31.1. The van der Waals surface area contributed by atoms with Crippen LogP contribution in [0.2, 0.25) is 0 Å². The fourth-order valence-electron chi connectivity index (χ4n) is 19.7. The third-order valence-corrected chi connectivity index (χ3v) is 26.1. The van der Waals surface area contributed by atoms with Gasteiger partial charge in [0.05, 0.1) is 66.9 Å². The monoisotopic (exact) mass is 1650 g/mol. The maximum Gasteiger partial charge on any atom is 0.235 e. The second-order valence-electron chi connectivity index (χ2n) is 33.6. The molecule has 0 spiro atoms. The quantitative estimate of drug-likeness (QED) is 0.108. The minimum Gasteiger partial charge on any atom is -0.309 e. The van der Waals surface area contributed by atoms with Gasteiger partial charge in [0.1, 0.15) is 0 Å². The van der Waals surface area contributed by atoms with Crippen LogP contribution in [-0.2, 0) is 0 Å². The van der Waals surface area contributed by atoms with E-state index in [1.165, 1.54) is 137 Å². The molecule has 0 aliphatic rings. The third kappa shape index (κ3) is 13.2. The number of para-hydroxylation sites is 6. The van der Waals surface area contributed by atoms with E-state index in [0.29, 0.717) is 11.9 Å². The number of aromatic nitrogens is 8. The summed E-state index contributed by atoms with van der Waals surface area (Å²) in [6.07, 6.45) is 0. The maximum atomic E-state index is 5.22. The van der Waals surface area contributed by atoms with Crippen molar-refractivity contribution in [2.75, 3.05) is 0 Å². The zero-order chi connectivity index (χ0) is 85.7. The number of fused-ring (bicyclic) bond motifs is 16. The topological polar surface area (TPSA) is 71.3 Å². The fraction of sp³-hybridized carbons (Fsp3) is 0. The van der Waals surface area contributed by atoms with Gasteiger partial charge in [-0.15, -0.1) is 0 Å². The number of hydrogen-bond acceptors (Lipinski definition) is 4. The van der Waals surface area contributed by atoms with Crippen molar-refractivity contribution in [2.24, 2.45) is 0 Å². The Hall–Kier alpha value is -17.5. The first-order valence-corrected chi connectivity index (χ1v) is 44.3. The Morgan fingerprint density at radius 3 is 0.731 bits per heavy atom. The van der Waals surface area contributed by atoms with Gasteiger partial charge in [-0.05, 0) is 215 Å². The molecule has 0 fully saturated rings. The zero-order valence-electron chi connectivity index (χ0n) is 70.6. The molecule has 0 saturated heterocycles. The van der Waals surface area contributed by atoms with Crippen LogP contribution in [0.3, 0.4) is 0 Å². The Morgan fingerprint density at radius 1 is 0.123 bits per heavy atom. The van der Waals surface area contributed by atoms with Crippen LogP contribution in [0.5, 0.6) is 0 Å². The summed E-state index contributed by atoms with van der Waals surface area (Å²) in [6.45, 7) is 0. The molecule has 26 aromatic rings.